The smallest absolute Gasteiger partial charge is 0.0453 e. The van der Waals surface area contributed by atoms with E-state index in [2.05, 4.69) is 36.3 Å². The number of nitrogens with one attached hydrogen (secondary N) is 1. The Kier molecular flexibility index (Phi) is 5.68. The standard InChI is InChI=1S/C16H25ClN2/c1-13(15-5-3-4-6-16(15)17)19(2)12-9-14-7-10-18-11-8-14/h3-6,13-14,18H,7-12H2,1-2H3. The summed E-state index contributed by atoms with van der Waals surface area (Å²) in [6.45, 7) is 5.77. The zero-order chi connectivity index (χ0) is 13.7. The number of hydrogen-bond acceptors (Lipinski definition) is 2. The van der Waals surface area contributed by atoms with Crippen molar-refractivity contribution in [3.63, 3.8) is 0 Å². The van der Waals surface area contributed by atoms with Crippen molar-refractivity contribution in [1.29, 1.82) is 0 Å². The summed E-state index contributed by atoms with van der Waals surface area (Å²) >= 11 is 6.28. The highest BCUT2D eigenvalue weighted by atomic mass is 35.5. The summed E-state index contributed by atoms with van der Waals surface area (Å²) in [5.74, 6) is 0.891. The van der Waals surface area contributed by atoms with Crippen LogP contribution in [0.5, 0.6) is 0 Å². The van der Waals surface area contributed by atoms with Crippen molar-refractivity contribution < 1.29 is 0 Å². The van der Waals surface area contributed by atoms with Crippen LogP contribution in [0.15, 0.2) is 24.3 Å². The maximum atomic E-state index is 6.28. The molecule has 106 valence electrons. The molecule has 2 rings (SSSR count). The van der Waals surface area contributed by atoms with Gasteiger partial charge >= 0.3 is 0 Å². The van der Waals surface area contributed by atoms with Gasteiger partial charge in [0.15, 0.2) is 0 Å². The van der Waals surface area contributed by atoms with E-state index in [-0.39, 0.29) is 0 Å². The summed E-state index contributed by atoms with van der Waals surface area (Å²) in [5.41, 5.74) is 1.23. The zero-order valence-electron chi connectivity index (χ0n) is 12.0. The highest BCUT2D eigenvalue weighted by Gasteiger charge is 2.17. The van der Waals surface area contributed by atoms with Crippen molar-refractivity contribution in [3.05, 3.63) is 34.9 Å². The molecule has 1 aliphatic heterocycles. The Hall–Kier alpha value is -0.570. The zero-order valence-corrected chi connectivity index (χ0v) is 12.8. The highest BCUT2D eigenvalue weighted by Crippen LogP contribution is 2.27. The first-order valence-corrected chi connectivity index (χ1v) is 7.71. The lowest BCUT2D eigenvalue weighted by Crippen LogP contribution is -2.31. The van der Waals surface area contributed by atoms with Gasteiger partial charge in [0, 0.05) is 11.1 Å². The first kappa shape index (κ1) is 14.8. The lowest BCUT2D eigenvalue weighted by atomic mass is 9.94. The van der Waals surface area contributed by atoms with Gasteiger partial charge in [-0.05, 0) is 70.4 Å². The molecule has 0 amide bonds. The fourth-order valence-electron chi connectivity index (χ4n) is 2.80. The van der Waals surface area contributed by atoms with Gasteiger partial charge in [-0.15, -0.1) is 0 Å². The summed E-state index contributed by atoms with van der Waals surface area (Å²) in [6.07, 6.45) is 3.95. The third kappa shape index (κ3) is 4.20. The quantitative estimate of drug-likeness (QED) is 0.884. The van der Waals surface area contributed by atoms with E-state index in [9.17, 15) is 0 Å². The first-order chi connectivity index (χ1) is 9.18. The summed E-state index contributed by atoms with van der Waals surface area (Å²) in [4.78, 5) is 2.42. The highest BCUT2D eigenvalue weighted by molar-refractivity contribution is 6.31. The van der Waals surface area contributed by atoms with Crippen LogP contribution in [0.1, 0.15) is 37.8 Å². The van der Waals surface area contributed by atoms with Gasteiger partial charge in [0.2, 0.25) is 0 Å². The Bertz CT molecular complexity index is 388. The van der Waals surface area contributed by atoms with Crippen LogP contribution in [0.3, 0.4) is 0 Å². The second-order valence-corrected chi connectivity index (χ2v) is 6.07. The molecule has 1 aliphatic rings. The minimum Gasteiger partial charge on any atom is -0.317 e. The predicted octanol–water partition coefficient (Wildman–Crippen LogP) is 3.72. The molecule has 0 saturated carbocycles. The lowest BCUT2D eigenvalue weighted by molar-refractivity contribution is 0.226. The molecule has 1 atom stereocenters. The molecular formula is C16H25ClN2. The summed E-state index contributed by atoms with van der Waals surface area (Å²) in [7, 11) is 2.20. The van der Waals surface area contributed by atoms with E-state index >= 15 is 0 Å². The van der Waals surface area contributed by atoms with Gasteiger partial charge < -0.3 is 5.32 Å². The second-order valence-electron chi connectivity index (χ2n) is 5.66. The Morgan fingerprint density at radius 2 is 2.00 bits per heavy atom. The largest absolute Gasteiger partial charge is 0.317 e. The van der Waals surface area contributed by atoms with Crippen molar-refractivity contribution >= 4 is 11.6 Å². The van der Waals surface area contributed by atoms with Crippen LogP contribution < -0.4 is 5.32 Å². The minimum atomic E-state index is 0.385. The fourth-order valence-corrected chi connectivity index (χ4v) is 3.10. The number of benzene rings is 1. The number of hydrogen-bond donors (Lipinski definition) is 1. The van der Waals surface area contributed by atoms with E-state index in [0.717, 1.165) is 17.5 Å². The van der Waals surface area contributed by atoms with Crippen molar-refractivity contribution in [2.45, 2.75) is 32.2 Å². The molecule has 1 heterocycles. The average molecular weight is 281 g/mol. The average Bonchev–Trinajstić information content (AvgIpc) is 2.45. The molecule has 0 aromatic heterocycles. The molecule has 1 saturated heterocycles. The summed E-state index contributed by atoms with van der Waals surface area (Å²) in [5, 5.41) is 4.31. The molecule has 1 aromatic carbocycles. The SMILES string of the molecule is CC(c1ccccc1Cl)N(C)CCC1CCNCC1. The monoisotopic (exact) mass is 280 g/mol. The molecule has 0 spiro atoms. The first-order valence-electron chi connectivity index (χ1n) is 7.34. The van der Waals surface area contributed by atoms with Gasteiger partial charge in [0.05, 0.1) is 0 Å². The van der Waals surface area contributed by atoms with Gasteiger partial charge in [0.1, 0.15) is 0 Å². The Morgan fingerprint density at radius 3 is 2.68 bits per heavy atom. The van der Waals surface area contributed by atoms with Gasteiger partial charge in [-0.1, -0.05) is 29.8 Å². The summed E-state index contributed by atoms with van der Waals surface area (Å²) < 4.78 is 0. The Morgan fingerprint density at radius 1 is 1.32 bits per heavy atom. The van der Waals surface area contributed by atoms with E-state index < -0.39 is 0 Å². The van der Waals surface area contributed by atoms with Gasteiger partial charge in [-0.2, -0.15) is 0 Å². The van der Waals surface area contributed by atoms with Crippen molar-refractivity contribution in [2.75, 3.05) is 26.7 Å². The third-order valence-electron chi connectivity index (χ3n) is 4.37. The predicted molar refractivity (Wildman–Crippen MR) is 82.7 cm³/mol. The maximum Gasteiger partial charge on any atom is 0.0453 e. The molecule has 0 bridgehead atoms. The molecule has 1 aromatic rings. The van der Waals surface area contributed by atoms with Crippen molar-refractivity contribution in [2.24, 2.45) is 5.92 Å². The molecule has 1 fully saturated rings. The molecule has 0 aliphatic carbocycles. The van der Waals surface area contributed by atoms with Crippen LogP contribution in [0.4, 0.5) is 0 Å². The molecule has 1 N–H and O–H groups in total. The van der Waals surface area contributed by atoms with Gasteiger partial charge in [-0.3, -0.25) is 4.90 Å². The topological polar surface area (TPSA) is 15.3 Å². The van der Waals surface area contributed by atoms with Crippen LogP contribution in [-0.2, 0) is 0 Å². The molecule has 2 nitrogen and oxygen atoms in total. The van der Waals surface area contributed by atoms with Crippen molar-refractivity contribution in [3.8, 4) is 0 Å². The number of nitrogens with zero attached hydrogens (tertiary/aromatic N) is 1. The van der Waals surface area contributed by atoms with Crippen LogP contribution in [0.2, 0.25) is 5.02 Å². The lowest BCUT2D eigenvalue weighted by Gasteiger charge is -2.29. The maximum absolute atomic E-state index is 6.28. The molecular weight excluding hydrogens is 256 g/mol. The van der Waals surface area contributed by atoms with Crippen LogP contribution in [-0.4, -0.2) is 31.6 Å². The number of halogens is 1. The second kappa shape index (κ2) is 7.28. The molecule has 1 unspecified atom stereocenters. The van der Waals surface area contributed by atoms with E-state index in [1.54, 1.807) is 0 Å². The van der Waals surface area contributed by atoms with E-state index in [0.29, 0.717) is 6.04 Å². The normalized spacial score (nSPS) is 18.7. The Balaban J connectivity index is 1.85. The van der Waals surface area contributed by atoms with E-state index in [1.807, 2.05) is 12.1 Å². The fraction of sp³-hybridized carbons (Fsp3) is 0.625. The summed E-state index contributed by atoms with van der Waals surface area (Å²) in [6, 6.07) is 8.56. The van der Waals surface area contributed by atoms with Gasteiger partial charge in [0.25, 0.3) is 0 Å². The molecule has 3 heteroatoms. The van der Waals surface area contributed by atoms with Gasteiger partial charge in [-0.25, -0.2) is 0 Å². The molecule has 0 radical (unpaired) electrons. The van der Waals surface area contributed by atoms with E-state index in [1.165, 1.54) is 37.9 Å². The van der Waals surface area contributed by atoms with Crippen LogP contribution >= 0.6 is 11.6 Å². The number of rotatable bonds is 5. The third-order valence-corrected chi connectivity index (χ3v) is 4.71. The van der Waals surface area contributed by atoms with Crippen LogP contribution in [0, 0.1) is 5.92 Å². The van der Waals surface area contributed by atoms with E-state index in [4.69, 9.17) is 11.6 Å². The molecule has 19 heavy (non-hydrogen) atoms. The minimum absolute atomic E-state index is 0.385. The van der Waals surface area contributed by atoms with Crippen LogP contribution in [0.25, 0.3) is 0 Å². The van der Waals surface area contributed by atoms with Crippen molar-refractivity contribution in [1.82, 2.24) is 10.2 Å². The Labute approximate surface area is 122 Å². The number of piperidine rings is 1.